The van der Waals surface area contributed by atoms with Gasteiger partial charge in [-0.05, 0) is 44.6 Å². The molecular formula is C16H24ClFN2. The zero-order chi connectivity index (χ0) is 14.6. The van der Waals surface area contributed by atoms with Crippen molar-refractivity contribution in [1.29, 1.82) is 0 Å². The van der Waals surface area contributed by atoms with Crippen LogP contribution in [0.5, 0.6) is 0 Å². The molecular weight excluding hydrogens is 275 g/mol. The second-order valence-corrected chi connectivity index (χ2v) is 6.44. The lowest BCUT2D eigenvalue weighted by Crippen LogP contribution is -2.52. The van der Waals surface area contributed by atoms with Crippen molar-refractivity contribution >= 4 is 11.6 Å². The molecule has 0 unspecified atom stereocenters. The summed E-state index contributed by atoms with van der Waals surface area (Å²) in [6, 6.07) is 4.92. The summed E-state index contributed by atoms with van der Waals surface area (Å²) < 4.78 is 13.1. The summed E-state index contributed by atoms with van der Waals surface area (Å²) in [5.74, 6) is -0.354. The number of nitrogens with one attached hydrogen (secondary N) is 1. The van der Waals surface area contributed by atoms with Gasteiger partial charge in [-0.2, -0.15) is 0 Å². The van der Waals surface area contributed by atoms with E-state index in [1.807, 2.05) is 0 Å². The Balaban J connectivity index is 1.91. The summed E-state index contributed by atoms with van der Waals surface area (Å²) in [4.78, 5) is 2.36. The van der Waals surface area contributed by atoms with E-state index in [1.165, 1.54) is 38.2 Å². The average Bonchev–Trinajstić information content (AvgIpc) is 2.44. The summed E-state index contributed by atoms with van der Waals surface area (Å²) in [7, 11) is 4.34. The lowest BCUT2D eigenvalue weighted by molar-refractivity contribution is 0.0984. The molecule has 2 rings (SSSR count). The van der Waals surface area contributed by atoms with Crippen LogP contribution in [-0.4, -0.2) is 31.1 Å². The molecule has 0 saturated heterocycles. The van der Waals surface area contributed by atoms with E-state index in [2.05, 4.69) is 24.3 Å². The van der Waals surface area contributed by atoms with Crippen LogP contribution in [0.3, 0.4) is 0 Å². The molecule has 1 aromatic rings. The molecule has 0 atom stereocenters. The van der Waals surface area contributed by atoms with Gasteiger partial charge in [0.1, 0.15) is 5.82 Å². The van der Waals surface area contributed by atoms with Crippen molar-refractivity contribution in [3.05, 3.63) is 34.6 Å². The SMILES string of the molecule is CN(C)C1(CNCc2ccc(F)c(Cl)c2)CCCCC1. The smallest absolute Gasteiger partial charge is 0.141 e. The van der Waals surface area contributed by atoms with Gasteiger partial charge in [-0.15, -0.1) is 0 Å². The molecule has 0 amide bonds. The Morgan fingerprint density at radius 3 is 2.55 bits per heavy atom. The highest BCUT2D eigenvalue weighted by Gasteiger charge is 2.33. The molecule has 4 heteroatoms. The number of nitrogens with zero attached hydrogens (tertiary/aromatic N) is 1. The fraction of sp³-hybridized carbons (Fsp3) is 0.625. The number of hydrogen-bond acceptors (Lipinski definition) is 2. The first kappa shape index (κ1) is 15.7. The van der Waals surface area contributed by atoms with E-state index < -0.39 is 0 Å². The van der Waals surface area contributed by atoms with E-state index in [1.54, 1.807) is 12.1 Å². The summed E-state index contributed by atoms with van der Waals surface area (Å²) in [6.45, 7) is 1.70. The van der Waals surface area contributed by atoms with Gasteiger partial charge >= 0.3 is 0 Å². The van der Waals surface area contributed by atoms with Gasteiger partial charge in [0.2, 0.25) is 0 Å². The Morgan fingerprint density at radius 1 is 1.25 bits per heavy atom. The third kappa shape index (κ3) is 3.72. The van der Waals surface area contributed by atoms with Gasteiger partial charge in [0.05, 0.1) is 5.02 Å². The Hall–Kier alpha value is -0.640. The predicted octanol–water partition coefficient (Wildman–Crippen LogP) is 3.83. The van der Waals surface area contributed by atoms with Gasteiger partial charge in [-0.3, -0.25) is 0 Å². The molecule has 1 aromatic carbocycles. The number of rotatable bonds is 5. The molecule has 0 aliphatic heterocycles. The molecule has 0 radical (unpaired) electrons. The van der Waals surface area contributed by atoms with E-state index in [-0.39, 0.29) is 16.4 Å². The number of benzene rings is 1. The minimum atomic E-state index is -0.354. The summed E-state index contributed by atoms with van der Waals surface area (Å²) in [5, 5.41) is 3.72. The molecule has 0 spiro atoms. The second kappa shape index (κ2) is 6.88. The normalized spacial score (nSPS) is 18.4. The Morgan fingerprint density at radius 2 is 1.95 bits per heavy atom. The van der Waals surface area contributed by atoms with E-state index in [9.17, 15) is 4.39 Å². The summed E-state index contributed by atoms with van der Waals surface area (Å²) in [5.41, 5.74) is 1.29. The maximum atomic E-state index is 13.1. The lowest BCUT2D eigenvalue weighted by atomic mass is 9.80. The molecule has 0 heterocycles. The monoisotopic (exact) mass is 298 g/mol. The highest BCUT2D eigenvalue weighted by molar-refractivity contribution is 6.30. The minimum Gasteiger partial charge on any atom is -0.311 e. The largest absolute Gasteiger partial charge is 0.311 e. The lowest BCUT2D eigenvalue weighted by Gasteiger charge is -2.43. The summed E-state index contributed by atoms with van der Waals surface area (Å²) >= 11 is 5.81. The van der Waals surface area contributed by atoms with E-state index in [0.29, 0.717) is 0 Å². The van der Waals surface area contributed by atoms with Gasteiger partial charge in [0.25, 0.3) is 0 Å². The summed E-state index contributed by atoms with van der Waals surface area (Å²) in [6.07, 6.45) is 6.46. The van der Waals surface area contributed by atoms with Crippen LogP contribution in [-0.2, 0) is 6.54 Å². The van der Waals surface area contributed by atoms with E-state index in [0.717, 1.165) is 18.7 Å². The van der Waals surface area contributed by atoms with Crippen LogP contribution in [0, 0.1) is 5.82 Å². The highest BCUT2D eigenvalue weighted by Crippen LogP contribution is 2.31. The Labute approximate surface area is 126 Å². The molecule has 112 valence electrons. The first-order valence-electron chi connectivity index (χ1n) is 7.36. The van der Waals surface area contributed by atoms with Crippen molar-refractivity contribution in [2.75, 3.05) is 20.6 Å². The maximum absolute atomic E-state index is 13.1. The highest BCUT2D eigenvalue weighted by atomic mass is 35.5. The van der Waals surface area contributed by atoms with Gasteiger partial charge in [-0.1, -0.05) is 36.9 Å². The van der Waals surface area contributed by atoms with Crippen LogP contribution < -0.4 is 5.32 Å². The zero-order valence-corrected chi connectivity index (χ0v) is 13.1. The van der Waals surface area contributed by atoms with Gasteiger partial charge in [-0.25, -0.2) is 4.39 Å². The fourth-order valence-corrected chi connectivity index (χ4v) is 3.28. The van der Waals surface area contributed by atoms with Crippen molar-refractivity contribution in [3.8, 4) is 0 Å². The molecule has 1 fully saturated rings. The zero-order valence-electron chi connectivity index (χ0n) is 12.4. The number of hydrogen-bond donors (Lipinski definition) is 1. The van der Waals surface area contributed by atoms with Crippen LogP contribution in [0.25, 0.3) is 0 Å². The molecule has 1 saturated carbocycles. The average molecular weight is 299 g/mol. The van der Waals surface area contributed by atoms with Crippen LogP contribution >= 0.6 is 11.6 Å². The van der Waals surface area contributed by atoms with Crippen LogP contribution in [0.4, 0.5) is 4.39 Å². The molecule has 1 aliphatic rings. The number of likely N-dealkylation sites (N-methyl/N-ethyl adjacent to an activating group) is 1. The van der Waals surface area contributed by atoms with Crippen LogP contribution in [0.15, 0.2) is 18.2 Å². The Bertz CT molecular complexity index is 442. The van der Waals surface area contributed by atoms with Crippen molar-refractivity contribution < 1.29 is 4.39 Å². The maximum Gasteiger partial charge on any atom is 0.141 e. The third-order valence-corrected chi connectivity index (χ3v) is 4.79. The molecule has 0 aromatic heterocycles. The molecule has 0 bridgehead atoms. The Kier molecular flexibility index (Phi) is 5.42. The van der Waals surface area contributed by atoms with Gasteiger partial charge in [0.15, 0.2) is 0 Å². The minimum absolute atomic E-state index is 0.198. The van der Waals surface area contributed by atoms with E-state index in [4.69, 9.17) is 11.6 Å². The van der Waals surface area contributed by atoms with Crippen molar-refractivity contribution in [2.45, 2.75) is 44.2 Å². The van der Waals surface area contributed by atoms with Crippen molar-refractivity contribution in [2.24, 2.45) is 0 Å². The second-order valence-electron chi connectivity index (χ2n) is 6.03. The van der Waals surface area contributed by atoms with Gasteiger partial charge < -0.3 is 10.2 Å². The predicted molar refractivity (Wildman–Crippen MR) is 82.6 cm³/mol. The van der Waals surface area contributed by atoms with Crippen molar-refractivity contribution in [3.63, 3.8) is 0 Å². The molecule has 1 N–H and O–H groups in total. The van der Waals surface area contributed by atoms with Crippen LogP contribution in [0.1, 0.15) is 37.7 Å². The molecule has 2 nitrogen and oxygen atoms in total. The van der Waals surface area contributed by atoms with Gasteiger partial charge in [0, 0.05) is 18.6 Å². The topological polar surface area (TPSA) is 15.3 Å². The molecule has 20 heavy (non-hydrogen) atoms. The number of halogens is 2. The van der Waals surface area contributed by atoms with Crippen LogP contribution in [0.2, 0.25) is 5.02 Å². The fourth-order valence-electron chi connectivity index (χ4n) is 3.08. The first-order chi connectivity index (χ1) is 9.53. The van der Waals surface area contributed by atoms with Crippen molar-refractivity contribution in [1.82, 2.24) is 10.2 Å². The quantitative estimate of drug-likeness (QED) is 0.889. The van der Waals surface area contributed by atoms with E-state index >= 15 is 0 Å². The standard InChI is InChI=1S/C16H24ClFN2/c1-20(2)16(8-4-3-5-9-16)12-19-11-13-6-7-15(18)14(17)10-13/h6-7,10,19H,3-5,8-9,11-12H2,1-2H3. The molecule has 1 aliphatic carbocycles. The first-order valence-corrected chi connectivity index (χ1v) is 7.73. The third-order valence-electron chi connectivity index (χ3n) is 4.50.